The van der Waals surface area contributed by atoms with Gasteiger partial charge in [-0.2, -0.15) is 0 Å². The Bertz CT molecular complexity index is 1490. The largest absolute Gasteiger partial charge is 0.508 e. The number of rotatable bonds is 7. The van der Waals surface area contributed by atoms with Crippen molar-refractivity contribution in [3.8, 4) is 28.6 Å². The lowest BCUT2D eigenvalue weighted by Gasteiger charge is -2.46. The molecule has 0 saturated carbocycles. The van der Waals surface area contributed by atoms with Crippen LogP contribution in [0.4, 0.5) is 0 Å². The Kier molecular flexibility index (Phi) is 8.92. The van der Waals surface area contributed by atoms with Crippen molar-refractivity contribution in [3.05, 3.63) is 52.2 Å². The fraction of sp³-hybridized carbons (Fsp3) is 0.464. The predicted molar refractivity (Wildman–Crippen MR) is 143 cm³/mol. The van der Waals surface area contributed by atoms with E-state index in [1.807, 2.05) is 0 Å². The number of benzene rings is 2. The third-order valence-corrected chi connectivity index (χ3v) is 7.66. The van der Waals surface area contributed by atoms with E-state index in [0.29, 0.717) is 5.56 Å². The Balaban J connectivity index is 1.61. The first-order chi connectivity index (χ1) is 20.5. The fourth-order valence-electron chi connectivity index (χ4n) is 5.32. The predicted octanol–water partition coefficient (Wildman–Crippen LogP) is -1.78. The van der Waals surface area contributed by atoms with Gasteiger partial charge in [-0.05, 0) is 24.3 Å². The standard InChI is InChI=1S/C28H32O15/c1-39-14-7-15-18(12(32)6-13(40-15)10-2-4-11(31)5-3-10)22(35)19(14)26-27(24(37)21(34)16(8-29)41-26)43-28-25(38)23(36)20(33)17(9-30)42-28/h2-7,16-17,20-21,23-31,33-38H,8-9H2,1H3/t16-,17-,20-,21-,23-,24-,25-,26+,27-,28+/m1/s1. The third kappa shape index (κ3) is 5.56. The van der Waals surface area contributed by atoms with Crippen LogP contribution in [0, 0.1) is 0 Å². The summed E-state index contributed by atoms with van der Waals surface area (Å²) in [7, 11) is 1.23. The summed E-state index contributed by atoms with van der Waals surface area (Å²) in [5, 5.41) is 92.6. The number of hydrogen-bond donors (Lipinski definition) is 9. The van der Waals surface area contributed by atoms with Gasteiger partial charge in [-0.3, -0.25) is 4.79 Å². The number of aromatic hydroxyl groups is 2. The van der Waals surface area contributed by atoms with Crippen molar-refractivity contribution in [1.29, 1.82) is 0 Å². The van der Waals surface area contributed by atoms with Crippen LogP contribution in [0.15, 0.2) is 45.6 Å². The third-order valence-electron chi connectivity index (χ3n) is 7.66. The minimum Gasteiger partial charge on any atom is -0.508 e. The van der Waals surface area contributed by atoms with Gasteiger partial charge >= 0.3 is 0 Å². The van der Waals surface area contributed by atoms with Crippen LogP contribution in [0.25, 0.3) is 22.3 Å². The highest BCUT2D eigenvalue weighted by Crippen LogP contribution is 2.46. The maximum Gasteiger partial charge on any atom is 0.197 e. The number of fused-ring (bicyclic) bond motifs is 1. The van der Waals surface area contributed by atoms with Gasteiger partial charge in [0, 0.05) is 17.7 Å². The zero-order valence-corrected chi connectivity index (χ0v) is 22.6. The van der Waals surface area contributed by atoms with Crippen LogP contribution in [-0.2, 0) is 14.2 Å². The summed E-state index contributed by atoms with van der Waals surface area (Å²) in [6.07, 6.45) is -16.9. The topological polar surface area (TPSA) is 249 Å². The molecular weight excluding hydrogens is 576 g/mol. The molecule has 0 aliphatic carbocycles. The smallest absolute Gasteiger partial charge is 0.197 e. The van der Waals surface area contributed by atoms with E-state index >= 15 is 0 Å². The summed E-state index contributed by atoms with van der Waals surface area (Å²) in [5.41, 5.74) is -0.591. The first-order valence-corrected chi connectivity index (χ1v) is 13.3. The van der Waals surface area contributed by atoms with Crippen molar-refractivity contribution in [1.82, 2.24) is 0 Å². The quantitative estimate of drug-likeness (QED) is 0.144. The van der Waals surface area contributed by atoms with Crippen LogP contribution >= 0.6 is 0 Å². The number of methoxy groups -OCH3 is 1. The maximum atomic E-state index is 13.3. The first kappa shape index (κ1) is 31.1. The van der Waals surface area contributed by atoms with E-state index in [1.165, 1.54) is 37.4 Å². The molecule has 2 saturated heterocycles. The molecule has 2 aliphatic rings. The van der Waals surface area contributed by atoms with Crippen molar-refractivity contribution in [2.75, 3.05) is 20.3 Å². The van der Waals surface area contributed by atoms with Crippen LogP contribution in [0.3, 0.4) is 0 Å². The van der Waals surface area contributed by atoms with Gasteiger partial charge < -0.3 is 69.3 Å². The maximum absolute atomic E-state index is 13.3. The summed E-state index contributed by atoms with van der Waals surface area (Å²) < 4.78 is 28.3. The van der Waals surface area contributed by atoms with Gasteiger partial charge in [0.1, 0.15) is 88.9 Å². The lowest BCUT2D eigenvalue weighted by atomic mass is 9.89. The molecule has 234 valence electrons. The summed E-state index contributed by atoms with van der Waals surface area (Å²) in [6, 6.07) is 8.22. The molecule has 2 fully saturated rings. The van der Waals surface area contributed by atoms with Crippen molar-refractivity contribution in [2.24, 2.45) is 0 Å². The second-order valence-electron chi connectivity index (χ2n) is 10.3. The molecule has 0 radical (unpaired) electrons. The Morgan fingerprint density at radius 2 is 1.44 bits per heavy atom. The van der Waals surface area contributed by atoms with E-state index in [4.69, 9.17) is 23.4 Å². The number of phenolic OH excluding ortho intramolecular Hbond substituents is 2. The summed E-state index contributed by atoms with van der Waals surface area (Å²) in [4.78, 5) is 13.3. The molecule has 10 atom stereocenters. The highest BCUT2D eigenvalue weighted by molar-refractivity contribution is 5.88. The number of aliphatic hydroxyl groups excluding tert-OH is 7. The van der Waals surface area contributed by atoms with Crippen molar-refractivity contribution < 1.29 is 69.3 Å². The number of aliphatic hydroxyl groups is 7. The van der Waals surface area contributed by atoms with Gasteiger partial charge in [-0.15, -0.1) is 0 Å². The zero-order chi connectivity index (χ0) is 31.2. The Morgan fingerprint density at radius 1 is 0.814 bits per heavy atom. The van der Waals surface area contributed by atoms with Crippen LogP contribution in [-0.4, -0.2) is 121 Å². The Morgan fingerprint density at radius 3 is 2.07 bits per heavy atom. The van der Waals surface area contributed by atoms with E-state index in [9.17, 15) is 50.8 Å². The van der Waals surface area contributed by atoms with Gasteiger partial charge in [0.2, 0.25) is 0 Å². The molecule has 0 amide bonds. The summed E-state index contributed by atoms with van der Waals surface area (Å²) in [6.45, 7) is -1.55. The number of phenols is 2. The van der Waals surface area contributed by atoms with Gasteiger partial charge in [-0.1, -0.05) is 0 Å². The highest BCUT2D eigenvalue weighted by atomic mass is 16.7. The summed E-state index contributed by atoms with van der Waals surface area (Å²) in [5.74, 6) is -0.711. The summed E-state index contributed by atoms with van der Waals surface area (Å²) >= 11 is 0. The molecule has 3 heterocycles. The van der Waals surface area contributed by atoms with Crippen molar-refractivity contribution in [2.45, 2.75) is 61.2 Å². The Hall–Kier alpha value is -3.35. The molecule has 15 heteroatoms. The Labute approximate surface area is 242 Å². The monoisotopic (exact) mass is 608 g/mol. The molecule has 0 bridgehead atoms. The SMILES string of the molecule is COc1cc2oc(-c3ccc(O)cc3)cc(=O)c2c(O)c1[C@@H]1O[C@H](CO)[C@@H](O)[C@@H](O)[C@H]1O[C@@H]1O[C@H](CO)[C@@H](O)[C@@H](O)[C@H]1O. The molecule has 5 rings (SSSR count). The van der Waals surface area contributed by atoms with Crippen LogP contribution in [0.5, 0.6) is 17.2 Å². The van der Waals surface area contributed by atoms with E-state index < -0.39 is 85.6 Å². The van der Waals surface area contributed by atoms with E-state index in [0.717, 1.165) is 6.07 Å². The van der Waals surface area contributed by atoms with Crippen LogP contribution in [0.2, 0.25) is 0 Å². The number of hydrogen-bond acceptors (Lipinski definition) is 15. The van der Waals surface area contributed by atoms with Gasteiger partial charge in [0.25, 0.3) is 0 Å². The molecule has 3 aromatic rings. The van der Waals surface area contributed by atoms with E-state index in [-0.39, 0.29) is 33.8 Å². The van der Waals surface area contributed by atoms with Crippen molar-refractivity contribution in [3.63, 3.8) is 0 Å². The molecule has 43 heavy (non-hydrogen) atoms. The van der Waals surface area contributed by atoms with E-state index in [2.05, 4.69) is 0 Å². The normalized spacial score (nSPS) is 33.0. The van der Waals surface area contributed by atoms with Crippen LogP contribution in [0.1, 0.15) is 11.7 Å². The van der Waals surface area contributed by atoms with E-state index in [1.54, 1.807) is 0 Å². The molecule has 15 nitrogen and oxygen atoms in total. The minimum absolute atomic E-state index is 0.00250. The molecule has 0 spiro atoms. The average Bonchev–Trinajstić information content (AvgIpc) is 2.99. The molecule has 0 unspecified atom stereocenters. The van der Waals surface area contributed by atoms with Crippen LogP contribution < -0.4 is 10.2 Å². The van der Waals surface area contributed by atoms with Gasteiger partial charge in [0.05, 0.1) is 25.9 Å². The molecular formula is C28H32O15. The lowest BCUT2D eigenvalue weighted by Crippen LogP contribution is -2.62. The first-order valence-electron chi connectivity index (χ1n) is 13.3. The highest BCUT2D eigenvalue weighted by Gasteiger charge is 2.52. The molecule has 9 N–H and O–H groups in total. The van der Waals surface area contributed by atoms with Gasteiger partial charge in [-0.25, -0.2) is 0 Å². The minimum atomic E-state index is -1.89. The van der Waals surface area contributed by atoms with Crippen molar-refractivity contribution >= 4 is 11.0 Å². The second-order valence-corrected chi connectivity index (χ2v) is 10.3. The molecule has 1 aromatic heterocycles. The second kappa shape index (κ2) is 12.3. The van der Waals surface area contributed by atoms with Gasteiger partial charge in [0.15, 0.2) is 11.7 Å². The molecule has 2 aromatic carbocycles. The average molecular weight is 609 g/mol. The zero-order valence-electron chi connectivity index (χ0n) is 22.6. The fourth-order valence-corrected chi connectivity index (χ4v) is 5.32. The number of ether oxygens (including phenoxy) is 4. The lowest BCUT2D eigenvalue weighted by molar-refractivity contribution is -0.342. The molecule has 2 aliphatic heterocycles.